The molecule has 1 fully saturated rings. The van der Waals surface area contributed by atoms with E-state index in [2.05, 4.69) is 5.32 Å². The second-order valence-corrected chi connectivity index (χ2v) is 7.43. The van der Waals surface area contributed by atoms with Gasteiger partial charge in [-0.05, 0) is 32.8 Å². The van der Waals surface area contributed by atoms with Gasteiger partial charge in [-0.3, -0.25) is 0 Å². The highest BCUT2D eigenvalue weighted by atomic mass is 19.1. The molecule has 0 bridgehead atoms. The van der Waals surface area contributed by atoms with Gasteiger partial charge in [-0.1, -0.05) is 30.3 Å². The van der Waals surface area contributed by atoms with E-state index in [0.717, 1.165) is 5.56 Å². The van der Waals surface area contributed by atoms with Gasteiger partial charge in [-0.15, -0.1) is 0 Å². The first-order chi connectivity index (χ1) is 12.2. The maximum atomic E-state index is 14.4. The Kier molecular flexibility index (Phi) is 6.83. The van der Waals surface area contributed by atoms with Gasteiger partial charge in [0.15, 0.2) is 0 Å². The van der Waals surface area contributed by atoms with Gasteiger partial charge in [-0.25, -0.2) is 14.0 Å². The van der Waals surface area contributed by atoms with E-state index in [1.807, 2.05) is 30.3 Å². The molecular weight excluding hydrogens is 339 g/mol. The first kappa shape index (κ1) is 20.0. The zero-order valence-electron chi connectivity index (χ0n) is 15.5. The van der Waals surface area contributed by atoms with Gasteiger partial charge in [0.25, 0.3) is 0 Å². The minimum absolute atomic E-state index is 0.0275. The molecular formula is C19H27FN2O4. The third kappa shape index (κ3) is 6.54. The number of benzene rings is 1. The van der Waals surface area contributed by atoms with E-state index in [-0.39, 0.29) is 25.6 Å². The summed E-state index contributed by atoms with van der Waals surface area (Å²) in [4.78, 5) is 25.1. The van der Waals surface area contributed by atoms with Crippen molar-refractivity contribution in [2.45, 2.75) is 45.6 Å². The maximum Gasteiger partial charge on any atom is 0.410 e. The maximum absolute atomic E-state index is 14.4. The number of carbonyl (C=O) groups excluding carboxylic acids is 2. The highest BCUT2D eigenvalue weighted by Gasteiger charge is 2.33. The topological polar surface area (TPSA) is 67.9 Å². The number of hydrogen-bond donors (Lipinski definition) is 1. The number of rotatable bonds is 4. The second-order valence-electron chi connectivity index (χ2n) is 7.43. The average Bonchev–Trinajstić information content (AvgIpc) is 2.58. The first-order valence-corrected chi connectivity index (χ1v) is 8.81. The van der Waals surface area contributed by atoms with Crippen LogP contribution >= 0.6 is 0 Å². The number of nitrogens with zero attached hydrogens (tertiary/aromatic N) is 1. The van der Waals surface area contributed by atoms with Crippen molar-refractivity contribution in [3.05, 3.63) is 35.9 Å². The quantitative estimate of drug-likeness (QED) is 0.885. The van der Waals surface area contributed by atoms with Crippen LogP contribution in [-0.4, -0.2) is 48.5 Å². The van der Waals surface area contributed by atoms with Crippen molar-refractivity contribution in [2.24, 2.45) is 5.92 Å². The molecule has 0 unspecified atom stereocenters. The third-order valence-electron chi connectivity index (χ3n) is 4.05. The monoisotopic (exact) mass is 366 g/mol. The van der Waals surface area contributed by atoms with Crippen molar-refractivity contribution in [1.29, 1.82) is 0 Å². The average molecular weight is 366 g/mol. The van der Waals surface area contributed by atoms with E-state index >= 15 is 0 Å². The number of alkyl halides is 1. The Morgan fingerprint density at radius 2 is 1.96 bits per heavy atom. The SMILES string of the molecule is CC(C)(C)OC(=O)N1CC[C@@H](CNC(=O)OCc2ccccc2)[C@@H](F)C1. The number of amides is 2. The molecule has 6 nitrogen and oxygen atoms in total. The number of carbonyl (C=O) groups is 2. The summed E-state index contributed by atoms with van der Waals surface area (Å²) in [7, 11) is 0. The number of nitrogens with one attached hydrogen (secondary N) is 1. The Balaban J connectivity index is 1.71. The van der Waals surface area contributed by atoms with Crippen LogP contribution in [-0.2, 0) is 16.1 Å². The fourth-order valence-corrected chi connectivity index (χ4v) is 2.66. The van der Waals surface area contributed by atoms with E-state index in [0.29, 0.717) is 13.0 Å². The summed E-state index contributed by atoms with van der Waals surface area (Å²) in [6.07, 6.45) is -1.84. The van der Waals surface area contributed by atoms with Crippen LogP contribution < -0.4 is 5.32 Å². The number of alkyl carbamates (subject to hydrolysis) is 1. The zero-order chi connectivity index (χ0) is 19.2. The minimum Gasteiger partial charge on any atom is -0.445 e. The highest BCUT2D eigenvalue weighted by molar-refractivity contribution is 5.68. The molecule has 1 aromatic rings. The van der Waals surface area contributed by atoms with Crippen molar-refractivity contribution < 1.29 is 23.5 Å². The predicted molar refractivity (Wildman–Crippen MR) is 95.4 cm³/mol. The Morgan fingerprint density at radius 1 is 1.27 bits per heavy atom. The molecule has 1 aromatic carbocycles. The van der Waals surface area contributed by atoms with Gasteiger partial charge in [0.2, 0.25) is 0 Å². The smallest absolute Gasteiger partial charge is 0.410 e. The molecule has 26 heavy (non-hydrogen) atoms. The molecule has 7 heteroatoms. The Bertz CT molecular complexity index is 603. The Labute approximate surface area is 153 Å². The molecule has 0 saturated carbocycles. The molecule has 0 aliphatic carbocycles. The van der Waals surface area contributed by atoms with Crippen molar-refractivity contribution in [1.82, 2.24) is 10.2 Å². The summed E-state index contributed by atoms with van der Waals surface area (Å²) in [6, 6.07) is 9.33. The van der Waals surface area contributed by atoms with E-state index < -0.39 is 24.0 Å². The summed E-state index contributed by atoms with van der Waals surface area (Å²) in [5.74, 6) is -0.349. The van der Waals surface area contributed by atoms with Crippen molar-refractivity contribution in [3.63, 3.8) is 0 Å². The lowest BCUT2D eigenvalue weighted by atomic mass is 9.95. The van der Waals surface area contributed by atoms with Gasteiger partial charge < -0.3 is 19.7 Å². The van der Waals surface area contributed by atoms with Crippen molar-refractivity contribution >= 4 is 12.2 Å². The van der Waals surface area contributed by atoms with E-state index in [1.54, 1.807) is 20.8 Å². The fraction of sp³-hybridized carbons (Fsp3) is 0.579. The predicted octanol–water partition coefficient (Wildman–Crippen LogP) is 3.51. The summed E-state index contributed by atoms with van der Waals surface area (Å²) in [5, 5.41) is 2.60. The molecule has 1 aliphatic heterocycles. The van der Waals surface area contributed by atoms with Crippen LogP contribution in [0, 0.1) is 5.92 Å². The van der Waals surface area contributed by atoms with E-state index in [9.17, 15) is 14.0 Å². The fourth-order valence-electron chi connectivity index (χ4n) is 2.66. The van der Waals surface area contributed by atoms with Gasteiger partial charge in [0.1, 0.15) is 18.4 Å². The molecule has 2 atom stereocenters. The molecule has 1 heterocycles. The van der Waals surface area contributed by atoms with Crippen LogP contribution in [0.1, 0.15) is 32.8 Å². The molecule has 144 valence electrons. The molecule has 2 amide bonds. The van der Waals surface area contributed by atoms with Crippen LogP contribution in [0.2, 0.25) is 0 Å². The van der Waals surface area contributed by atoms with Crippen LogP contribution in [0.5, 0.6) is 0 Å². The Hall–Kier alpha value is -2.31. The van der Waals surface area contributed by atoms with Crippen LogP contribution in [0.4, 0.5) is 14.0 Å². The molecule has 1 aliphatic rings. The minimum atomic E-state index is -1.22. The normalized spacial score (nSPS) is 20.4. The summed E-state index contributed by atoms with van der Waals surface area (Å²) < 4.78 is 24.7. The number of ether oxygens (including phenoxy) is 2. The molecule has 1 N–H and O–H groups in total. The third-order valence-corrected chi connectivity index (χ3v) is 4.05. The molecule has 1 saturated heterocycles. The van der Waals surface area contributed by atoms with Gasteiger partial charge >= 0.3 is 12.2 Å². The van der Waals surface area contributed by atoms with Crippen molar-refractivity contribution in [3.8, 4) is 0 Å². The lowest BCUT2D eigenvalue weighted by molar-refractivity contribution is 0.00539. The van der Waals surface area contributed by atoms with E-state index in [4.69, 9.17) is 9.47 Å². The number of likely N-dealkylation sites (tertiary alicyclic amines) is 1. The molecule has 0 radical (unpaired) electrons. The zero-order valence-corrected chi connectivity index (χ0v) is 15.5. The molecule has 0 aromatic heterocycles. The van der Waals surface area contributed by atoms with Gasteiger partial charge in [-0.2, -0.15) is 0 Å². The first-order valence-electron chi connectivity index (χ1n) is 8.81. The van der Waals surface area contributed by atoms with Crippen LogP contribution in [0.15, 0.2) is 30.3 Å². The van der Waals surface area contributed by atoms with Gasteiger partial charge in [0, 0.05) is 19.0 Å². The Morgan fingerprint density at radius 3 is 2.58 bits per heavy atom. The lowest BCUT2D eigenvalue weighted by Crippen LogP contribution is -2.49. The van der Waals surface area contributed by atoms with Crippen molar-refractivity contribution in [2.75, 3.05) is 19.6 Å². The highest BCUT2D eigenvalue weighted by Crippen LogP contribution is 2.22. The second kappa shape index (κ2) is 8.87. The number of piperidine rings is 1. The molecule has 0 spiro atoms. The van der Waals surface area contributed by atoms with Crippen LogP contribution in [0.25, 0.3) is 0 Å². The number of halogens is 1. The largest absolute Gasteiger partial charge is 0.445 e. The number of hydrogen-bond acceptors (Lipinski definition) is 4. The van der Waals surface area contributed by atoms with Crippen LogP contribution in [0.3, 0.4) is 0 Å². The standard InChI is InChI=1S/C19H27FN2O4/c1-19(2,3)26-18(24)22-10-9-15(16(20)12-22)11-21-17(23)25-13-14-7-5-4-6-8-14/h4-8,15-16H,9-13H2,1-3H3,(H,21,23)/t15-,16-/m0/s1. The van der Waals surface area contributed by atoms with E-state index in [1.165, 1.54) is 4.90 Å². The summed E-state index contributed by atoms with van der Waals surface area (Å²) >= 11 is 0. The summed E-state index contributed by atoms with van der Waals surface area (Å²) in [6.45, 7) is 6.04. The van der Waals surface area contributed by atoms with Gasteiger partial charge in [0.05, 0.1) is 6.54 Å². The lowest BCUT2D eigenvalue weighted by Gasteiger charge is -2.35. The molecule has 2 rings (SSSR count). The summed E-state index contributed by atoms with van der Waals surface area (Å²) in [5.41, 5.74) is 0.278.